The van der Waals surface area contributed by atoms with E-state index < -0.39 is 39.9 Å². The first-order valence-corrected chi connectivity index (χ1v) is 18.0. The number of rotatable bonds is 11. The number of carboxylic acid groups (broad SMARTS) is 1. The average Bonchev–Trinajstić information content (AvgIpc) is 3.74. The molecular formula is C32H31Cl2N5O6S2. The smallest absolute Gasteiger partial charge is 0.328 e. The van der Waals surface area contributed by atoms with Crippen molar-refractivity contribution in [3.05, 3.63) is 87.7 Å². The predicted octanol–water partition coefficient (Wildman–Crippen LogP) is 5.13. The van der Waals surface area contributed by atoms with Crippen LogP contribution < -0.4 is 10.6 Å². The van der Waals surface area contributed by atoms with E-state index in [0.717, 1.165) is 31.7 Å². The van der Waals surface area contributed by atoms with Crippen molar-refractivity contribution in [2.24, 2.45) is 0 Å². The number of sulfonamides is 1. The molecule has 2 heterocycles. The molecule has 2 aliphatic rings. The zero-order valence-corrected chi connectivity index (χ0v) is 28.1. The van der Waals surface area contributed by atoms with Gasteiger partial charge in [-0.3, -0.25) is 14.6 Å². The maximum atomic E-state index is 14.1. The fourth-order valence-electron chi connectivity index (χ4n) is 5.76. The summed E-state index contributed by atoms with van der Waals surface area (Å²) in [5.41, 5.74) is 0.805. The first-order chi connectivity index (χ1) is 22.5. The molecule has 47 heavy (non-hydrogen) atoms. The van der Waals surface area contributed by atoms with Gasteiger partial charge in [-0.15, -0.1) is 0 Å². The Labute approximate surface area is 286 Å². The van der Waals surface area contributed by atoms with Crippen LogP contribution in [0.3, 0.4) is 0 Å². The van der Waals surface area contributed by atoms with Gasteiger partial charge in [0, 0.05) is 41.5 Å². The molecule has 2 amide bonds. The number of amides is 2. The minimum absolute atomic E-state index is 0.0302. The SMILES string of the molecule is N#Cc1cccc(S(=O)(=O)N(C(=O)[C@@H]2C[C@@H](SC3CCCC3)CN2)[C@@H](Cc2ccc(NC(=O)c3c(Cl)cncc3Cl)cc2)C(=O)O)c1. The lowest BCUT2D eigenvalue weighted by molar-refractivity contribution is -0.146. The second-order valence-corrected chi connectivity index (χ2v) is 15.6. The third-order valence-corrected chi connectivity index (χ3v) is 12.1. The molecule has 1 aromatic heterocycles. The quantitative estimate of drug-likeness (QED) is 0.242. The summed E-state index contributed by atoms with van der Waals surface area (Å²) in [6, 6.07) is 10.4. The van der Waals surface area contributed by atoms with Gasteiger partial charge < -0.3 is 15.7 Å². The van der Waals surface area contributed by atoms with E-state index in [1.54, 1.807) is 11.8 Å². The van der Waals surface area contributed by atoms with Crippen molar-refractivity contribution in [3.8, 4) is 6.07 Å². The zero-order chi connectivity index (χ0) is 33.7. The van der Waals surface area contributed by atoms with Gasteiger partial charge in [0.05, 0.1) is 38.2 Å². The van der Waals surface area contributed by atoms with Gasteiger partial charge in [-0.1, -0.05) is 54.2 Å². The molecule has 3 atom stereocenters. The molecule has 15 heteroatoms. The number of carboxylic acids is 1. The van der Waals surface area contributed by atoms with Crippen LogP contribution in [-0.2, 0) is 26.0 Å². The number of anilines is 1. The van der Waals surface area contributed by atoms with E-state index in [9.17, 15) is 33.2 Å². The Morgan fingerprint density at radius 1 is 1.09 bits per heavy atom. The molecule has 11 nitrogen and oxygen atoms in total. The Bertz CT molecular complexity index is 1790. The third kappa shape index (κ3) is 8.08. The molecule has 0 bridgehead atoms. The fraction of sp³-hybridized carbons (Fsp3) is 0.344. The Hall–Kier alpha value is -3.67. The molecule has 1 aliphatic carbocycles. The normalized spacial score (nSPS) is 18.7. The van der Waals surface area contributed by atoms with Gasteiger partial charge in [0.15, 0.2) is 0 Å². The number of benzene rings is 2. The van der Waals surface area contributed by atoms with Gasteiger partial charge in [-0.05, 0) is 55.2 Å². The molecule has 3 N–H and O–H groups in total. The molecule has 1 aliphatic heterocycles. The number of carbonyl (C=O) groups excluding carboxylic acids is 2. The number of aliphatic carboxylic acids is 1. The lowest BCUT2D eigenvalue weighted by Crippen LogP contribution is -2.54. The van der Waals surface area contributed by atoms with E-state index in [1.165, 1.54) is 54.9 Å². The van der Waals surface area contributed by atoms with Gasteiger partial charge in [0.25, 0.3) is 21.8 Å². The van der Waals surface area contributed by atoms with Crippen LogP contribution in [0.4, 0.5) is 5.69 Å². The molecule has 5 rings (SSSR count). The van der Waals surface area contributed by atoms with Crippen molar-refractivity contribution in [1.29, 1.82) is 5.26 Å². The highest BCUT2D eigenvalue weighted by Gasteiger charge is 2.44. The fourth-order valence-corrected chi connectivity index (χ4v) is 9.56. The highest BCUT2D eigenvalue weighted by molar-refractivity contribution is 8.00. The topological polar surface area (TPSA) is 170 Å². The van der Waals surface area contributed by atoms with Gasteiger partial charge in [-0.25, -0.2) is 17.5 Å². The van der Waals surface area contributed by atoms with Crippen LogP contribution in [0, 0.1) is 11.3 Å². The number of hydrogen-bond acceptors (Lipinski definition) is 9. The minimum Gasteiger partial charge on any atom is -0.480 e. The van der Waals surface area contributed by atoms with Crippen LogP contribution in [0.5, 0.6) is 0 Å². The second-order valence-electron chi connectivity index (χ2n) is 11.3. The molecule has 1 saturated carbocycles. The Kier molecular flexibility index (Phi) is 11.1. The van der Waals surface area contributed by atoms with Crippen LogP contribution in [0.2, 0.25) is 10.0 Å². The van der Waals surface area contributed by atoms with Gasteiger partial charge in [0.2, 0.25) is 0 Å². The van der Waals surface area contributed by atoms with Crippen LogP contribution in [0.15, 0.2) is 65.8 Å². The summed E-state index contributed by atoms with van der Waals surface area (Å²) in [5.74, 6) is -2.98. The number of nitrogens with one attached hydrogen (secondary N) is 2. The summed E-state index contributed by atoms with van der Waals surface area (Å²) < 4.78 is 28.6. The summed E-state index contributed by atoms with van der Waals surface area (Å²) in [6.45, 7) is 0.496. The number of nitrogens with zero attached hydrogens (tertiary/aromatic N) is 3. The molecule has 0 radical (unpaired) electrons. The van der Waals surface area contributed by atoms with E-state index in [4.69, 9.17) is 23.2 Å². The zero-order valence-electron chi connectivity index (χ0n) is 24.9. The van der Waals surface area contributed by atoms with Crippen molar-refractivity contribution in [3.63, 3.8) is 0 Å². The third-order valence-electron chi connectivity index (χ3n) is 8.10. The molecule has 3 aromatic rings. The summed E-state index contributed by atoms with van der Waals surface area (Å²) in [7, 11) is -4.72. The molecule has 0 unspecified atom stereocenters. The summed E-state index contributed by atoms with van der Waals surface area (Å²) in [6.07, 6.45) is 7.09. The highest BCUT2D eigenvalue weighted by Crippen LogP contribution is 2.36. The molecular weight excluding hydrogens is 685 g/mol. The van der Waals surface area contributed by atoms with E-state index in [-0.39, 0.29) is 37.7 Å². The number of aromatic nitrogens is 1. The average molecular weight is 717 g/mol. The number of pyridine rings is 1. The van der Waals surface area contributed by atoms with E-state index >= 15 is 0 Å². The minimum atomic E-state index is -4.72. The van der Waals surface area contributed by atoms with Crippen molar-refractivity contribution in [1.82, 2.24) is 14.6 Å². The lowest BCUT2D eigenvalue weighted by atomic mass is 10.0. The first-order valence-electron chi connectivity index (χ1n) is 14.9. The standard InChI is InChI=1S/C32H31Cl2N5O6S2/c33-25-17-36-18-26(34)29(25)30(40)38-21-10-8-19(9-11-21)13-28(32(42)43)39(47(44,45)24-7-3-4-20(12-24)15-35)31(41)27-14-23(16-37-27)46-22-5-1-2-6-22/h3-4,7-12,17-18,22-23,27-28,37H,1-2,5-6,13-14,16H2,(H,38,40)(H,42,43)/t23-,27+,28+/m1/s1. The van der Waals surface area contributed by atoms with E-state index in [2.05, 4.69) is 15.6 Å². The summed E-state index contributed by atoms with van der Waals surface area (Å²) >= 11 is 14.0. The highest BCUT2D eigenvalue weighted by atomic mass is 35.5. The van der Waals surface area contributed by atoms with Crippen molar-refractivity contribution in [2.75, 3.05) is 11.9 Å². The number of halogens is 2. The Morgan fingerprint density at radius 3 is 2.40 bits per heavy atom. The molecule has 2 fully saturated rings. The van der Waals surface area contributed by atoms with E-state index in [0.29, 0.717) is 33.8 Å². The monoisotopic (exact) mass is 715 g/mol. The van der Waals surface area contributed by atoms with Crippen molar-refractivity contribution in [2.45, 2.75) is 66.0 Å². The molecule has 0 spiro atoms. The summed E-state index contributed by atoms with van der Waals surface area (Å²) in [4.78, 5) is 43.1. The number of thioether (sulfide) groups is 1. The van der Waals surface area contributed by atoms with Gasteiger partial charge >= 0.3 is 5.97 Å². The van der Waals surface area contributed by atoms with Crippen molar-refractivity contribution < 1.29 is 27.9 Å². The second kappa shape index (κ2) is 15.0. The maximum Gasteiger partial charge on any atom is 0.328 e. The maximum absolute atomic E-state index is 14.1. The largest absolute Gasteiger partial charge is 0.480 e. The lowest BCUT2D eigenvalue weighted by Gasteiger charge is -2.30. The Morgan fingerprint density at radius 2 is 1.77 bits per heavy atom. The summed E-state index contributed by atoms with van der Waals surface area (Å²) in [5, 5.41) is 26.2. The van der Waals surface area contributed by atoms with Gasteiger partial charge in [-0.2, -0.15) is 17.0 Å². The predicted molar refractivity (Wildman–Crippen MR) is 179 cm³/mol. The number of nitriles is 1. The molecule has 1 saturated heterocycles. The van der Waals surface area contributed by atoms with Crippen LogP contribution in [0.1, 0.15) is 53.6 Å². The van der Waals surface area contributed by atoms with E-state index in [1.807, 2.05) is 6.07 Å². The van der Waals surface area contributed by atoms with Crippen LogP contribution in [0.25, 0.3) is 0 Å². The number of carbonyl (C=O) groups is 3. The molecule has 2 aromatic carbocycles. The first kappa shape index (κ1) is 34.7. The van der Waals surface area contributed by atoms with Crippen molar-refractivity contribution >= 4 is 68.5 Å². The van der Waals surface area contributed by atoms with Crippen LogP contribution in [-0.4, -0.2) is 69.7 Å². The molecule has 246 valence electrons. The number of hydrogen-bond donors (Lipinski definition) is 3. The van der Waals surface area contributed by atoms with Crippen LogP contribution >= 0.6 is 35.0 Å². The Balaban J connectivity index is 1.41. The van der Waals surface area contributed by atoms with Gasteiger partial charge in [0.1, 0.15) is 6.04 Å².